The number of hydrogen-bond donors (Lipinski definition) is 1. The molecule has 4 heteroatoms. The molecule has 0 atom stereocenters. The maximum absolute atomic E-state index is 11.0. The van der Waals surface area contributed by atoms with Crippen LogP contribution in [0.5, 0.6) is 0 Å². The molecule has 0 fully saturated rings. The summed E-state index contributed by atoms with van der Waals surface area (Å²) >= 11 is 1.33. The largest absolute Gasteiger partial charge is 0.355 e. The molecule has 0 aliphatic rings. The molecular weight excluding hydrogens is 184 g/mol. The van der Waals surface area contributed by atoms with Gasteiger partial charge in [0.1, 0.15) is 0 Å². The van der Waals surface area contributed by atoms with Crippen LogP contribution in [0.3, 0.4) is 0 Å². The zero-order valence-electron chi connectivity index (χ0n) is 7.75. The lowest BCUT2D eigenvalue weighted by Gasteiger charge is -2.00. The standard InChI is InChI=1S/C9H14N2OS/c1-2-3-4-6-11-9(12)8-13-7-5-10/h2-3H,4,6-8H2,1H3,(H,11,12)/b3-2+. The van der Waals surface area contributed by atoms with Gasteiger partial charge in [-0.15, -0.1) is 11.8 Å². The molecule has 0 spiro atoms. The normalized spacial score (nSPS) is 9.85. The van der Waals surface area contributed by atoms with Crippen molar-refractivity contribution in [3.05, 3.63) is 12.2 Å². The predicted molar refractivity (Wildman–Crippen MR) is 55.4 cm³/mol. The van der Waals surface area contributed by atoms with Gasteiger partial charge in [-0.2, -0.15) is 5.26 Å². The minimum Gasteiger partial charge on any atom is -0.355 e. The van der Waals surface area contributed by atoms with Gasteiger partial charge in [0.15, 0.2) is 0 Å². The average molecular weight is 198 g/mol. The van der Waals surface area contributed by atoms with Crippen molar-refractivity contribution in [2.24, 2.45) is 0 Å². The Bertz CT molecular complexity index is 208. The van der Waals surface area contributed by atoms with Crippen molar-refractivity contribution in [1.29, 1.82) is 5.26 Å². The molecule has 1 amide bonds. The molecule has 0 radical (unpaired) electrons. The first-order chi connectivity index (χ1) is 6.31. The summed E-state index contributed by atoms with van der Waals surface area (Å²) < 4.78 is 0. The van der Waals surface area contributed by atoms with Gasteiger partial charge in [0.2, 0.25) is 5.91 Å². The average Bonchev–Trinajstić information content (AvgIpc) is 2.13. The summed E-state index contributed by atoms with van der Waals surface area (Å²) in [7, 11) is 0. The highest BCUT2D eigenvalue weighted by Crippen LogP contribution is 1.96. The monoisotopic (exact) mass is 198 g/mol. The van der Waals surface area contributed by atoms with E-state index in [4.69, 9.17) is 5.26 Å². The molecule has 0 aromatic heterocycles. The molecule has 1 N–H and O–H groups in total. The molecule has 3 nitrogen and oxygen atoms in total. The molecule has 0 bridgehead atoms. The van der Waals surface area contributed by atoms with E-state index in [2.05, 4.69) is 5.32 Å². The third-order valence-electron chi connectivity index (χ3n) is 1.27. The van der Waals surface area contributed by atoms with Crippen LogP contribution < -0.4 is 5.32 Å². The smallest absolute Gasteiger partial charge is 0.230 e. The van der Waals surface area contributed by atoms with Crippen molar-refractivity contribution in [3.63, 3.8) is 0 Å². The number of amides is 1. The summed E-state index contributed by atoms with van der Waals surface area (Å²) in [5.41, 5.74) is 0. The van der Waals surface area contributed by atoms with Crippen molar-refractivity contribution in [3.8, 4) is 6.07 Å². The minimum atomic E-state index is 0.00440. The number of carbonyl (C=O) groups is 1. The Hall–Kier alpha value is -0.950. The van der Waals surface area contributed by atoms with E-state index in [1.807, 2.05) is 25.1 Å². The zero-order valence-corrected chi connectivity index (χ0v) is 8.56. The van der Waals surface area contributed by atoms with E-state index in [-0.39, 0.29) is 5.91 Å². The summed E-state index contributed by atoms with van der Waals surface area (Å²) in [6.07, 6.45) is 4.82. The van der Waals surface area contributed by atoms with Crippen molar-refractivity contribution in [1.82, 2.24) is 5.32 Å². The van der Waals surface area contributed by atoms with E-state index in [0.717, 1.165) is 6.42 Å². The fraction of sp³-hybridized carbons (Fsp3) is 0.556. The van der Waals surface area contributed by atoms with Gasteiger partial charge in [-0.3, -0.25) is 4.79 Å². The minimum absolute atomic E-state index is 0.00440. The SMILES string of the molecule is C/C=C/CCNC(=O)CSCC#N. The lowest BCUT2D eigenvalue weighted by Crippen LogP contribution is -2.25. The van der Waals surface area contributed by atoms with Crippen molar-refractivity contribution < 1.29 is 4.79 Å². The summed E-state index contributed by atoms with van der Waals surface area (Å²) in [6.45, 7) is 2.63. The Labute approximate surface area is 83.2 Å². The van der Waals surface area contributed by atoms with Crippen molar-refractivity contribution >= 4 is 17.7 Å². The second-order valence-electron chi connectivity index (χ2n) is 2.36. The van der Waals surface area contributed by atoms with Crippen LogP contribution in [0.2, 0.25) is 0 Å². The predicted octanol–water partition coefficient (Wildman–Crippen LogP) is 1.33. The van der Waals surface area contributed by atoms with Gasteiger partial charge in [0, 0.05) is 6.54 Å². The van der Waals surface area contributed by atoms with Crippen LogP contribution >= 0.6 is 11.8 Å². The summed E-state index contributed by atoms with van der Waals surface area (Å²) in [5.74, 6) is 0.760. The summed E-state index contributed by atoms with van der Waals surface area (Å²) in [4.78, 5) is 11.0. The van der Waals surface area contributed by atoms with Crippen molar-refractivity contribution in [2.45, 2.75) is 13.3 Å². The van der Waals surface area contributed by atoms with Gasteiger partial charge in [-0.05, 0) is 13.3 Å². The van der Waals surface area contributed by atoms with Gasteiger partial charge in [0.05, 0.1) is 17.6 Å². The fourth-order valence-electron chi connectivity index (χ4n) is 0.702. The topological polar surface area (TPSA) is 52.9 Å². The second-order valence-corrected chi connectivity index (χ2v) is 3.34. The fourth-order valence-corrected chi connectivity index (χ4v) is 1.18. The Morgan fingerprint density at radius 2 is 2.46 bits per heavy atom. The van der Waals surface area contributed by atoms with E-state index in [9.17, 15) is 4.79 Å². The van der Waals surface area contributed by atoms with Crippen LogP contribution in [0.4, 0.5) is 0 Å². The van der Waals surface area contributed by atoms with Gasteiger partial charge in [-0.1, -0.05) is 12.2 Å². The van der Waals surface area contributed by atoms with Crippen LogP contribution in [0, 0.1) is 11.3 Å². The molecule has 0 saturated heterocycles. The molecule has 0 saturated carbocycles. The number of nitrogens with one attached hydrogen (secondary N) is 1. The molecule has 0 aliphatic carbocycles. The number of nitrogens with zero attached hydrogens (tertiary/aromatic N) is 1. The maximum Gasteiger partial charge on any atom is 0.230 e. The second kappa shape index (κ2) is 9.14. The molecule has 0 heterocycles. The van der Waals surface area contributed by atoms with Gasteiger partial charge in [0.25, 0.3) is 0 Å². The number of nitriles is 1. The highest BCUT2D eigenvalue weighted by atomic mass is 32.2. The van der Waals surface area contributed by atoms with Crippen LogP contribution in [0.25, 0.3) is 0 Å². The van der Waals surface area contributed by atoms with Gasteiger partial charge >= 0.3 is 0 Å². The molecular formula is C9H14N2OS. The maximum atomic E-state index is 11.0. The highest BCUT2D eigenvalue weighted by molar-refractivity contribution is 8.00. The quantitative estimate of drug-likeness (QED) is 0.517. The Balaban J connectivity index is 3.26. The van der Waals surface area contributed by atoms with Gasteiger partial charge < -0.3 is 5.32 Å². The summed E-state index contributed by atoms with van der Waals surface area (Å²) in [6, 6.07) is 1.97. The van der Waals surface area contributed by atoms with E-state index < -0.39 is 0 Å². The van der Waals surface area contributed by atoms with E-state index >= 15 is 0 Å². The van der Waals surface area contributed by atoms with Crippen molar-refractivity contribution in [2.75, 3.05) is 18.1 Å². The Kier molecular flexibility index (Phi) is 8.47. The molecule has 13 heavy (non-hydrogen) atoms. The molecule has 0 aromatic rings. The first-order valence-electron chi connectivity index (χ1n) is 4.13. The molecule has 72 valence electrons. The van der Waals surface area contributed by atoms with E-state index in [1.54, 1.807) is 0 Å². The van der Waals surface area contributed by atoms with E-state index in [1.165, 1.54) is 11.8 Å². The van der Waals surface area contributed by atoms with Crippen LogP contribution in [0.15, 0.2) is 12.2 Å². The summed E-state index contributed by atoms with van der Waals surface area (Å²) in [5, 5.41) is 11.0. The Morgan fingerprint density at radius 3 is 3.08 bits per heavy atom. The molecule has 0 aromatic carbocycles. The third kappa shape index (κ3) is 8.96. The number of allylic oxidation sites excluding steroid dienone is 1. The number of hydrogen-bond acceptors (Lipinski definition) is 3. The first kappa shape index (κ1) is 12.0. The third-order valence-corrected chi connectivity index (χ3v) is 2.07. The lowest BCUT2D eigenvalue weighted by molar-refractivity contribution is -0.118. The van der Waals surface area contributed by atoms with E-state index in [0.29, 0.717) is 18.1 Å². The van der Waals surface area contributed by atoms with Crippen LogP contribution in [-0.4, -0.2) is 24.0 Å². The number of rotatable bonds is 6. The number of thioether (sulfide) groups is 1. The Morgan fingerprint density at radius 1 is 1.69 bits per heavy atom. The molecule has 0 unspecified atom stereocenters. The highest BCUT2D eigenvalue weighted by Gasteiger charge is 1.98. The molecule has 0 aliphatic heterocycles. The number of carbonyl (C=O) groups excluding carboxylic acids is 1. The lowest BCUT2D eigenvalue weighted by atomic mass is 10.4. The first-order valence-corrected chi connectivity index (χ1v) is 5.29. The van der Waals surface area contributed by atoms with Gasteiger partial charge in [-0.25, -0.2) is 0 Å². The van der Waals surface area contributed by atoms with Crippen LogP contribution in [-0.2, 0) is 4.79 Å². The van der Waals surface area contributed by atoms with Crippen LogP contribution in [0.1, 0.15) is 13.3 Å². The molecule has 0 rings (SSSR count). The zero-order chi connectivity index (χ0) is 9.94.